The number of nitrogens with one attached hydrogen (secondary N) is 1. The van der Waals surface area contributed by atoms with Gasteiger partial charge in [-0.25, -0.2) is 9.50 Å². The van der Waals surface area contributed by atoms with Crippen LogP contribution in [-0.2, 0) is 4.74 Å². The van der Waals surface area contributed by atoms with E-state index in [2.05, 4.69) is 45.5 Å². The molecular formula is C26H33N7O2. The highest BCUT2D eigenvalue weighted by Crippen LogP contribution is 2.32. The fourth-order valence-corrected chi connectivity index (χ4v) is 5.22. The van der Waals surface area contributed by atoms with Gasteiger partial charge < -0.3 is 19.7 Å². The van der Waals surface area contributed by atoms with E-state index in [9.17, 15) is 5.26 Å². The number of ether oxygens (including phenoxy) is 2. The third-order valence-electron chi connectivity index (χ3n) is 7.28. The molecule has 2 saturated heterocycles. The number of nitrogens with zero attached hydrogens (tertiary/aromatic N) is 6. The Morgan fingerprint density at radius 3 is 2.63 bits per heavy atom. The Hall–Kier alpha value is -3.19. The van der Waals surface area contributed by atoms with Gasteiger partial charge in [0.05, 0.1) is 43.3 Å². The van der Waals surface area contributed by atoms with Crippen molar-refractivity contribution in [2.75, 3.05) is 64.5 Å². The van der Waals surface area contributed by atoms with Crippen molar-refractivity contribution in [1.29, 1.82) is 5.26 Å². The fraction of sp³-hybridized carbons (Fsp3) is 0.500. The largest absolute Gasteiger partial charge is 0.492 e. The minimum atomic E-state index is 0.134. The van der Waals surface area contributed by atoms with Gasteiger partial charge in [-0.2, -0.15) is 10.4 Å². The van der Waals surface area contributed by atoms with E-state index in [1.807, 2.05) is 25.4 Å². The van der Waals surface area contributed by atoms with Crippen molar-refractivity contribution in [3.8, 4) is 22.9 Å². The highest BCUT2D eigenvalue weighted by Gasteiger charge is 2.35. The molecule has 0 bridgehead atoms. The van der Waals surface area contributed by atoms with Gasteiger partial charge in [0.25, 0.3) is 0 Å². The van der Waals surface area contributed by atoms with Crippen LogP contribution in [0.3, 0.4) is 0 Å². The number of rotatable bonds is 7. The molecule has 0 atom stereocenters. The van der Waals surface area contributed by atoms with Gasteiger partial charge in [0.2, 0.25) is 0 Å². The SMILES string of the molecule is CCOc1cc(-c2ccc(N3CCC(CN4CCOCC4)(NC)CC3)nc2)c2c(C#N)cnn2c1. The third kappa shape index (κ3) is 4.82. The van der Waals surface area contributed by atoms with Gasteiger partial charge >= 0.3 is 0 Å². The number of fused-ring (bicyclic) bond motifs is 1. The first kappa shape index (κ1) is 23.5. The van der Waals surface area contributed by atoms with Crippen molar-refractivity contribution in [3.05, 3.63) is 42.4 Å². The lowest BCUT2D eigenvalue weighted by Gasteiger charge is -2.45. The number of anilines is 1. The number of morpholine rings is 1. The summed E-state index contributed by atoms with van der Waals surface area (Å²) in [7, 11) is 2.09. The van der Waals surface area contributed by atoms with Crippen LogP contribution in [0.4, 0.5) is 5.82 Å². The first-order chi connectivity index (χ1) is 17.1. The predicted octanol–water partition coefficient (Wildman–Crippen LogP) is 2.56. The molecular weight excluding hydrogens is 442 g/mol. The number of aromatic nitrogens is 3. The molecule has 0 radical (unpaired) electrons. The summed E-state index contributed by atoms with van der Waals surface area (Å²) in [6.07, 6.45) is 7.44. The molecule has 5 heterocycles. The topological polar surface area (TPSA) is 91.0 Å². The first-order valence-electron chi connectivity index (χ1n) is 12.4. The zero-order chi connectivity index (χ0) is 24.3. The van der Waals surface area contributed by atoms with E-state index >= 15 is 0 Å². The summed E-state index contributed by atoms with van der Waals surface area (Å²) in [5, 5.41) is 17.6. The zero-order valence-electron chi connectivity index (χ0n) is 20.5. The second-order valence-corrected chi connectivity index (χ2v) is 9.30. The summed E-state index contributed by atoms with van der Waals surface area (Å²) in [5.74, 6) is 1.70. The van der Waals surface area contributed by atoms with Gasteiger partial charge in [0.15, 0.2) is 0 Å². The average molecular weight is 476 g/mol. The van der Waals surface area contributed by atoms with E-state index in [-0.39, 0.29) is 5.54 Å². The molecule has 0 aliphatic carbocycles. The lowest BCUT2D eigenvalue weighted by Crippen LogP contribution is -2.59. The minimum Gasteiger partial charge on any atom is -0.492 e. The van der Waals surface area contributed by atoms with E-state index < -0.39 is 0 Å². The minimum absolute atomic E-state index is 0.134. The van der Waals surface area contributed by atoms with Crippen molar-refractivity contribution in [1.82, 2.24) is 24.8 Å². The molecule has 2 aliphatic rings. The maximum Gasteiger partial charge on any atom is 0.138 e. The number of hydrogen-bond acceptors (Lipinski definition) is 8. The van der Waals surface area contributed by atoms with E-state index in [0.29, 0.717) is 17.9 Å². The summed E-state index contributed by atoms with van der Waals surface area (Å²) in [5.41, 5.74) is 3.26. The lowest BCUT2D eigenvalue weighted by molar-refractivity contribution is 0.0210. The molecule has 184 valence electrons. The Bertz CT molecular complexity index is 1190. The Kier molecular flexibility index (Phi) is 6.86. The van der Waals surface area contributed by atoms with Crippen LogP contribution in [0, 0.1) is 11.3 Å². The fourth-order valence-electron chi connectivity index (χ4n) is 5.22. The second-order valence-electron chi connectivity index (χ2n) is 9.30. The van der Waals surface area contributed by atoms with Crippen LogP contribution in [0.15, 0.2) is 36.8 Å². The van der Waals surface area contributed by atoms with Crippen LogP contribution in [0.1, 0.15) is 25.3 Å². The van der Waals surface area contributed by atoms with Crippen LogP contribution in [0.2, 0.25) is 0 Å². The molecule has 2 aliphatic heterocycles. The van der Waals surface area contributed by atoms with Crippen molar-refractivity contribution >= 4 is 11.3 Å². The predicted molar refractivity (Wildman–Crippen MR) is 135 cm³/mol. The molecule has 0 saturated carbocycles. The Balaban J connectivity index is 1.33. The molecule has 9 nitrogen and oxygen atoms in total. The van der Waals surface area contributed by atoms with Gasteiger partial charge in [-0.15, -0.1) is 0 Å². The monoisotopic (exact) mass is 475 g/mol. The highest BCUT2D eigenvalue weighted by molar-refractivity contribution is 5.85. The van der Waals surface area contributed by atoms with Crippen molar-refractivity contribution in [2.45, 2.75) is 25.3 Å². The first-order valence-corrected chi connectivity index (χ1v) is 12.4. The molecule has 0 spiro atoms. The molecule has 35 heavy (non-hydrogen) atoms. The summed E-state index contributed by atoms with van der Waals surface area (Å²) in [6.45, 7) is 9.18. The van der Waals surface area contributed by atoms with Gasteiger partial charge in [0, 0.05) is 55.6 Å². The Labute approximate surface area is 206 Å². The lowest BCUT2D eigenvalue weighted by atomic mass is 9.86. The van der Waals surface area contributed by atoms with Crippen molar-refractivity contribution < 1.29 is 9.47 Å². The van der Waals surface area contributed by atoms with Gasteiger partial charge in [-0.3, -0.25) is 4.90 Å². The third-order valence-corrected chi connectivity index (χ3v) is 7.28. The number of pyridine rings is 2. The Morgan fingerprint density at radius 1 is 1.17 bits per heavy atom. The van der Waals surface area contributed by atoms with E-state index in [1.165, 1.54) is 0 Å². The van der Waals surface area contributed by atoms with E-state index in [1.54, 1.807) is 10.7 Å². The smallest absolute Gasteiger partial charge is 0.138 e. The summed E-state index contributed by atoms with van der Waals surface area (Å²) >= 11 is 0. The van der Waals surface area contributed by atoms with Crippen LogP contribution < -0.4 is 15.0 Å². The summed E-state index contributed by atoms with van der Waals surface area (Å²) in [4.78, 5) is 9.70. The maximum absolute atomic E-state index is 9.58. The van der Waals surface area contributed by atoms with Crippen LogP contribution in [0.5, 0.6) is 5.75 Å². The molecule has 1 N–H and O–H groups in total. The normalized spacial score (nSPS) is 18.5. The molecule has 0 amide bonds. The van der Waals surface area contributed by atoms with Gasteiger partial charge in [-0.05, 0) is 45.0 Å². The Morgan fingerprint density at radius 2 is 1.97 bits per heavy atom. The molecule has 9 heteroatoms. The quantitative estimate of drug-likeness (QED) is 0.558. The second kappa shape index (κ2) is 10.2. The summed E-state index contributed by atoms with van der Waals surface area (Å²) < 4.78 is 13.0. The molecule has 2 fully saturated rings. The van der Waals surface area contributed by atoms with Crippen LogP contribution in [-0.4, -0.2) is 84.6 Å². The van der Waals surface area contributed by atoms with Crippen LogP contribution >= 0.6 is 0 Å². The molecule has 5 rings (SSSR count). The standard InChI is InChI=1S/C26H33N7O2/c1-3-35-22-14-23(25-21(15-27)17-30-33(25)18-22)20-4-5-24(29-16-20)32-8-6-26(28-2,7-9-32)19-31-10-12-34-13-11-31/h4-5,14,16-18,28H,3,6-13,19H2,1-2H3. The number of likely N-dealkylation sites (N-methyl/N-ethyl adjacent to an activating group) is 1. The maximum atomic E-state index is 9.58. The zero-order valence-corrected chi connectivity index (χ0v) is 20.5. The number of nitriles is 1. The molecule has 3 aromatic rings. The van der Waals surface area contributed by atoms with Crippen molar-refractivity contribution in [3.63, 3.8) is 0 Å². The van der Waals surface area contributed by atoms with Crippen molar-refractivity contribution in [2.24, 2.45) is 0 Å². The number of hydrogen-bond donors (Lipinski definition) is 1. The average Bonchev–Trinajstić information content (AvgIpc) is 3.33. The van der Waals surface area contributed by atoms with E-state index in [4.69, 9.17) is 14.5 Å². The van der Waals surface area contributed by atoms with Crippen LogP contribution in [0.25, 0.3) is 16.6 Å². The summed E-state index contributed by atoms with van der Waals surface area (Å²) in [6, 6.07) is 8.37. The highest BCUT2D eigenvalue weighted by atomic mass is 16.5. The van der Waals surface area contributed by atoms with Gasteiger partial charge in [-0.1, -0.05) is 0 Å². The van der Waals surface area contributed by atoms with Gasteiger partial charge in [0.1, 0.15) is 17.6 Å². The number of piperidine rings is 1. The van der Waals surface area contributed by atoms with E-state index in [0.717, 1.165) is 81.2 Å². The molecule has 0 unspecified atom stereocenters. The molecule has 0 aromatic carbocycles. The molecule has 3 aromatic heterocycles.